The number of para-hydroxylation sites is 1. The van der Waals surface area contributed by atoms with Crippen molar-refractivity contribution in [1.82, 2.24) is 5.43 Å². The zero-order valence-electron chi connectivity index (χ0n) is 18.2. The van der Waals surface area contributed by atoms with Crippen LogP contribution in [-0.2, 0) is 4.79 Å². The molecule has 3 rings (SSSR count). The molecule has 0 unspecified atom stereocenters. The highest BCUT2D eigenvalue weighted by atomic mass is 35.5. The summed E-state index contributed by atoms with van der Waals surface area (Å²) in [5.74, 6) is -0.456. The monoisotopic (exact) mass is 443 g/mol. The molecule has 1 aliphatic heterocycles. The topological polar surface area (TPSA) is 53.9 Å². The fraction of sp³-hybridized carbons (Fsp3) is 0.333. The quantitative estimate of drug-likeness (QED) is 0.459. The second-order valence-corrected chi connectivity index (χ2v) is 8.44. The molecule has 31 heavy (non-hydrogen) atoms. The number of carbonyl (C=O) groups is 1. The Morgan fingerprint density at radius 2 is 2.06 bits per heavy atom. The third-order valence-corrected chi connectivity index (χ3v) is 5.44. The number of nitrogens with zero attached hydrogens (tertiary/aromatic N) is 2. The maximum atomic E-state index is 14.8. The van der Waals surface area contributed by atoms with Gasteiger partial charge in [-0.2, -0.15) is 5.10 Å². The van der Waals surface area contributed by atoms with Gasteiger partial charge in [0.15, 0.2) is 6.61 Å². The Morgan fingerprint density at radius 1 is 1.32 bits per heavy atom. The average molecular weight is 444 g/mol. The molecule has 0 radical (unpaired) electrons. The van der Waals surface area contributed by atoms with Crippen molar-refractivity contribution in [3.8, 4) is 5.75 Å². The molecule has 0 saturated heterocycles. The van der Waals surface area contributed by atoms with E-state index in [2.05, 4.69) is 42.3 Å². The maximum absolute atomic E-state index is 14.8. The van der Waals surface area contributed by atoms with Crippen LogP contribution in [0.25, 0.3) is 5.57 Å². The molecule has 1 heterocycles. The molecule has 0 aliphatic carbocycles. The van der Waals surface area contributed by atoms with Gasteiger partial charge in [0.25, 0.3) is 5.91 Å². The lowest BCUT2D eigenvalue weighted by molar-refractivity contribution is -0.123. The number of hydrazone groups is 1. The van der Waals surface area contributed by atoms with Crippen molar-refractivity contribution in [2.75, 3.05) is 18.1 Å². The van der Waals surface area contributed by atoms with Crippen molar-refractivity contribution < 1.29 is 13.9 Å². The Bertz CT molecular complexity index is 1030. The van der Waals surface area contributed by atoms with Gasteiger partial charge in [-0.05, 0) is 57.0 Å². The van der Waals surface area contributed by atoms with Crippen LogP contribution in [0.1, 0.15) is 45.2 Å². The van der Waals surface area contributed by atoms with Crippen LogP contribution in [0.3, 0.4) is 0 Å². The number of anilines is 1. The summed E-state index contributed by atoms with van der Waals surface area (Å²) in [6.45, 7) is 8.97. The van der Waals surface area contributed by atoms with Gasteiger partial charge in [-0.25, -0.2) is 9.82 Å². The average Bonchev–Trinajstić information content (AvgIpc) is 2.71. The summed E-state index contributed by atoms with van der Waals surface area (Å²) in [5.41, 5.74) is 5.38. The molecule has 164 valence electrons. The third-order valence-electron chi connectivity index (χ3n) is 5.13. The fourth-order valence-electron chi connectivity index (χ4n) is 3.76. The Hall–Kier alpha value is -2.86. The number of nitrogens with one attached hydrogen (secondary N) is 1. The molecule has 0 atom stereocenters. The molecule has 2 aromatic rings. The van der Waals surface area contributed by atoms with Gasteiger partial charge in [-0.15, -0.1) is 0 Å². The van der Waals surface area contributed by atoms with Gasteiger partial charge in [0, 0.05) is 23.4 Å². The maximum Gasteiger partial charge on any atom is 0.277 e. The fourth-order valence-corrected chi connectivity index (χ4v) is 3.95. The van der Waals surface area contributed by atoms with Crippen LogP contribution in [-0.4, -0.2) is 30.8 Å². The van der Waals surface area contributed by atoms with E-state index < -0.39 is 11.7 Å². The third kappa shape index (κ3) is 5.25. The largest absolute Gasteiger partial charge is 0.482 e. The summed E-state index contributed by atoms with van der Waals surface area (Å²) in [6.07, 6.45) is 4.46. The smallest absolute Gasteiger partial charge is 0.277 e. The predicted octanol–water partition coefficient (Wildman–Crippen LogP) is 5.42. The van der Waals surface area contributed by atoms with Gasteiger partial charge in [0.1, 0.15) is 11.6 Å². The number of hydrogen-bond acceptors (Lipinski definition) is 4. The number of halogens is 2. The number of fused-ring (bicyclic) bond motifs is 1. The Labute approximate surface area is 187 Å². The summed E-state index contributed by atoms with van der Waals surface area (Å²) in [7, 11) is 0. The number of allylic oxidation sites excluding steroid dienone is 1. The molecule has 1 N–H and O–H groups in total. The van der Waals surface area contributed by atoms with Crippen LogP contribution in [0.15, 0.2) is 47.6 Å². The van der Waals surface area contributed by atoms with Gasteiger partial charge < -0.3 is 9.64 Å². The molecule has 0 spiro atoms. The number of benzene rings is 2. The number of hydrogen-bond donors (Lipinski definition) is 1. The molecular weight excluding hydrogens is 417 g/mol. The van der Waals surface area contributed by atoms with Crippen molar-refractivity contribution in [1.29, 1.82) is 0 Å². The minimum atomic E-state index is -0.471. The molecule has 0 fully saturated rings. The van der Waals surface area contributed by atoms with Crippen molar-refractivity contribution in [3.63, 3.8) is 0 Å². The minimum absolute atomic E-state index is 0.190. The summed E-state index contributed by atoms with van der Waals surface area (Å²) < 4.78 is 20.2. The molecule has 1 amide bonds. The van der Waals surface area contributed by atoms with Gasteiger partial charge in [-0.1, -0.05) is 36.7 Å². The van der Waals surface area contributed by atoms with Crippen LogP contribution >= 0.6 is 11.6 Å². The highest BCUT2D eigenvalue weighted by molar-refractivity contribution is 6.32. The minimum Gasteiger partial charge on any atom is -0.482 e. The summed E-state index contributed by atoms with van der Waals surface area (Å²) >= 11 is 5.99. The second kappa shape index (κ2) is 9.52. The van der Waals surface area contributed by atoms with Crippen molar-refractivity contribution in [3.05, 3.63) is 64.4 Å². The highest BCUT2D eigenvalue weighted by Crippen LogP contribution is 2.40. The summed E-state index contributed by atoms with van der Waals surface area (Å²) in [5, 5.41) is 4.30. The number of amides is 1. The van der Waals surface area contributed by atoms with Crippen LogP contribution < -0.4 is 15.1 Å². The first-order valence-electron chi connectivity index (χ1n) is 10.2. The van der Waals surface area contributed by atoms with Crippen molar-refractivity contribution in [2.45, 2.75) is 39.7 Å². The first-order valence-corrected chi connectivity index (χ1v) is 10.6. The lowest BCUT2D eigenvalue weighted by Gasteiger charge is -2.43. The predicted molar refractivity (Wildman–Crippen MR) is 124 cm³/mol. The zero-order valence-corrected chi connectivity index (χ0v) is 19.0. The van der Waals surface area contributed by atoms with Crippen LogP contribution in [0.2, 0.25) is 5.02 Å². The number of rotatable bonds is 7. The van der Waals surface area contributed by atoms with Gasteiger partial charge >= 0.3 is 0 Å². The standard InChI is InChI=1S/C24H27ClFN3O2/c1-5-10-29-21-12-20(26)17(11-18(21)16(2)13-24(29,3)4)14-27-28-23(30)15-31-22-9-7-6-8-19(22)25/h6-9,11-14H,5,10,15H2,1-4H3,(H,28,30)/b27-14+. The molecule has 5 nitrogen and oxygen atoms in total. The molecule has 0 saturated carbocycles. The molecular formula is C24H27ClFN3O2. The van der Waals surface area contributed by atoms with Gasteiger partial charge in [0.05, 0.1) is 16.8 Å². The van der Waals surface area contributed by atoms with Crippen LogP contribution in [0.5, 0.6) is 5.75 Å². The van der Waals surface area contributed by atoms with E-state index in [0.717, 1.165) is 29.8 Å². The van der Waals surface area contributed by atoms with Crippen molar-refractivity contribution in [2.24, 2.45) is 5.10 Å². The zero-order chi connectivity index (χ0) is 22.6. The van der Waals surface area contributed by atoms with E-state index in [-0.39, 0.29) is 12.1 Å². The molecule has 1 aliphatic rings. The van der Waals surface area contributed by atoms with E-state index in [1.807, 2.05) is 6.92 Å². The van der Waals surface area contributed by atoms with E-state index >= 15 is 0 Å². The molecule has 7 heteroatoms. The molecule has 2 aromatic carbocycles. The number of carbonyl (C=O) groups excluding carboxylic acids is 1. The first-order chi connectivity index (χ1) is 14.7. The molecule has 0 bridgehead atoms. The van der Waals surface area contributed by atoms with Gasteiger partial charge in [0.2, 0.25) is 0 Å². The van der Waals surface area contributed by atoms with Crippen LogP contribution in [0, 0.1) is 5.82 Å². The van der Waals surface area contributed by atoms with Crippen molar-refractivity contribution >= 4 is 35.0 Å². The highest BCUT2D eigenvalue weighted by Gasteiger charge is 2.31. The van der Waals surface area contributed by atoms with E-state index in [1.54, 1.807) is 36.4 Å². The summed E-state index contributed by atoms with van der Waals surface area (Å²) in [6, 6.07) is 10.2. The normalized spacial score (nSPS) is 14.9. The number of ether oxygens (including phenoxy) is 1. The second-order valence-electron chi connectivity index (χ2n) is 8.04. The van der Waals surface area contributed by atoms with E-state index in [1.165, 1.54) is 6.21 Å². The SMILES string of the molecule is CCCN1c2cc(F)c(/C=N/NC(=O)COc3ccccc3Cl)cc2C(C)=CC1(C)C. The Kier molecular flexibility index (Phi) is 7.01. The Morgan fingerprint density at radius 3 is 2.77 bits per heavy atom. The lowest BCUT2D eigenvalue weighted by atomic mass is 9.88. The first kappa shape index (κ1) is 22.8. The lowest BCUT2D eigenvalue weighted by Crippen LogP contribution is -2.45. The van der Waals surface area contributed by atoms with E-state index in [9.17, 15) is 9.18 Å². The van der Waals surface area contributed by atoms with Gasteiger partial charge in [-0.3, -0.25) is 4.79 Å². The van der Waals surface area contributed by atoms with E-state index in [4.69, 9.17) is 16.3 Å². The van der Waals surface area contributed by atoms with Crippen LogP contribution in [0.4, 0.5) is 10.1 Å². The van der Waals surface area contributed by atoms with E-state index in [0.29, 0.717) is 16.3 Å². The molecule has 0 aromatic heterocycles. The summed E-state index contributed by atoms with van der Waals surface area (Å²) in [4.78, 5) is 14.2. The Balaban J connectivity index is 1.71.